The molecule has 2 aromatic heterocycles. The molecule has 0 saturated carbocycles. The lowest BCUT2D eigenvalue weighted by molar-refractivity contribution is 0.828. The van der Waals surface area contributed by atoms with Crippen molar-refractivity contribution in [3.63, 3.8) is 0 Å². The summed E-state index contributed by atoms with van der Waals surface area (Å²) >= 11 is 0. The maximum atomic E-state index is 9.44. The molecule has 3 rings (SSSR count). The second-order valence-corrected chi connectivity index (χ2v) is 5.06. The quantitative estimate of drug-likeness (QED) is 0.772. The lowest BCUT2D eigenvalue weighted by Crippen LogP contribution is -2.06. The monoisotopic (exact) mass is 292 g/mol. The number of benzene rings is 1. The number of aromatic nitrogens is 3. The van der Waals surface area contributed by atoms with Crippen LogP contribution in [0.15, 0.2) is 30.6 Å². The van der Waals surface area contributed by atoms with Gasteiger partial charge in [-0.3, -0.25) is 0 Å². The Labute approximate surface area is 128 Å². The Morgan fingerprint density at radius 2 is 2.09 bits per heavy atom. The first kappa shape index (κ1) is 13.9. The van der Waals surface area contributed by atoms with E-state index < -0.39 is 0 Å². The molecule has 0 saturated heterocycles. The maximum Gasteiger partial charge on any atom is 0.148 e. The highest BCUT2D eigenvalue weighted by atomic mass is 15.1. The van der Waals surface area contributed by atoms with Gasteiger partial charge < -0.3 is 15.6 Å². The van der Waals surface area contributed by atoms with Gasteiger partial charge in [-0.1, -0.05) is 24.3 Å². The predicted octanol–water partition coefficient (Wildman–Crippen LogP) is 2.28. The molecule has 0 spiro atoms. The summed E-state index contributed by atoms with van der Waals surface area (Å²) in [5.41, 5.74) is 9.58. The van der Waals surface area contributed by atoms with Gasteiger partial charge in [0.2, 0.25) is 0 Å². The first-order chi connectivity index (χ1) is 10.7. The summed E-state index contributed by atoms with van der Waals surface area (Å²) in [6.45, 7) is 2.62. The fourth-order valence-electron chi connectivity index (χ4n) is 2.61. The van der Waals surface area contributed by atoms with Gasteiger partial charge in [-0.05, 0) is 18.1 Å². The molecule has 0 bridgehead atoms. The van der Waals surface area contributed by atoms with Crippen LogP contribution in [-0.4, -0.2) is 21.6 Å². The van der Waals surface area contributed by atoms with E-state index in [1.54, 1.807) is 7.05 Å². The first-order valence-electron chi connectivity index (χ1n) is 6.92. The van der Waals surface area contributed by atoms with Crippen molar-refractivity contribution in [2.24, 2.45) is 0 Å². The number of rotatable bonds is 3. The van der Waals surface area contributed by atoms with Crippen molar-refractivity contribution in [1.82, 2.24) is 14.5 Å². The predicted molar refractivity (Wildman–Crippen MR) is 86.5 cm³/mol. The second kappa shape index (κ2) is 5.37. The maximum absolute atomic E-state index is 9.44. The van der Waals surface area contributed by atoms with Crippen molar-refractivity contribution < 1.29 is 0 Å². The molecule has 0 amide bonds. The van der Waals surface area contributed by atoms with Crippen molar-refractivity contribution in [2.45, 2.75) is 13.5 Å². The summed E-state index contributed by atoms with van der Waals surface area (Å²) in [4.78, 5) is 8.50. The zero-order valence-electron chi connectivity index (χ0n) is 12.5. The Balaban J connectivity index is 2.25. The minimum absolute atomic E-state index is 0.411. The number of nitriles is 1. The third-order valence-corrected chi connectivity index (χ3v) is 3.82. The van der Waals surface area contributed by atoms with E-state index in [2.05, 4.69) is 34.3 Å². The molecule has 110 valence electrons. The number of fused-ring (bicyclic) bond motifs is 1. The van der Waals surface area contributed by atoms with Crippen LogP contribution >= 0.6 is 0 Å². The highest BCUT2D eigenvalue weighted by Crippen LogP contribution is 2.31. The molecule has 22 heavy (non-hydrogen) atoms. The van der Waals surface area contributed by atoms with E-state index in [0.717, 1.165) is 5.56 Å². The Kier molecular flexibility index (Phi) is 3.39. The minimum atomic E-state index is 0.411. The van der Waals surface area contributed by atoms with E-state index in [-0.39, 0.29) is 0 Å². The Morgan fingerprint density at radius 1 is 1.32 bits per heavy atom. The third-order valence-electron chi connectivity index (χ3n) is 3.82. The van der Waals surface area contributed by atoms with Crippen molar-refractivity contribution in [2.75, 3.05) is 18.1 Å². The largest absolute Gasteiger partial charge is 0.384 e. The molecule has 0 fully saturated rings. The van der Waals surface area contributed by atoms with Crippen molar-refractivity contribution in [3.8, 4) is 6.07 Å². The smallest absolute Gasteiger partial charge is 0.148 e. The van der Waals surface area contributed by atoms with Crippen LogP contribution in [0, 0.1) is 18.3 Å². The number of nitrogens with one attached hydrogen (secondary N) is 1. The van der Waals surface area contributed by atoms with Crippen LogP contribution in [0.25, 0.3) is 11.0 Å². The average Bonchev–Trinajstić information content (AvgIpc) is 2.81. The van der Waals surface area contributed by atoms with E-state index in [4.69, 9.17) is 5.73 Å². The molecule has 0 aliphatic carbocycles. The van der Waals surface area contributed by atoms with Gasteiger partial charge in [0.1, 0.15) is 35.2 Å². The van der Waals surface area contributed by atoms with Crippen LogP contribution in [0.4, 0.5) is 11.6 Å². The van der Waals surface area contributed by atoms with Crippen LogP contribution in [0.3, 0.4) is 0 Å². The molecule has 0 unspecified atom stereocenters. The first-order valence-corrected chi connectivity index (χ1v) is 6.92. The van der Waals surface area contributed by atoms with Gasteiger partial charge in [0, 0.05) is 7.05 Å². The number of anilines is 2. The highest BCUT2D eigenvalue weighted by molar-refractivity contribution is 5.97. The second-order valence-electron chi connectivity index (χ2n) is 5.06. The van der Waals surface area contributed by atoms with Crippen LogP contribution in [-0.2, 0) is 6.54 Å². The van der Waals surface area contributed by atoms with E-state index in [0.29, 0.717) is 34.8 Å². The van der Waals surface area contributed by atoms with Crippen LogP contribution < -0.4 is 11.1 Å². The molecule has 0 radical (unpaired) electrons. The lowest BCUT2D eigenvalue weighted by atomic mass is 10.1. The molecule has 6 heteroatoms. The molecule has 0 aliphatic rings. The van der Waals surface area contributed by atoms with Crippen LogP contribution in [0.2, 0.25) is 0 Å². The van der Waals surface area contributed by atoms with E-state index in [1.165, 1.54) is 11.9 Å². The van der Waals surface area contributed by atoms with Crippen molar-refractivity contribution >= 4 is 22.7 Å². The van der Waals surface area contributed by atoms with Gasteiger partial charge in [0.05, 0.1) is 11.9 Å². The topological polar surface area (TPSA) is 92.6 Å². The van der Waals surface area contributed by atoms with Gasteiger partial charge in [-0.15, -0.1) is 0 Å². The average molecular weight is 292 g/mol. The molecule has 6 nitrogen and oxygen atoms in total. The number of nitrogens with two attached hydrogens (primary N) is 1. The fourth-order valence-corrected chi connectivity index (χ4v) is 2.61. The normalized spacial score (nSPS) is 10.6. The number of hydrogen-bond acceptors (Lipinski definition) is 5. The minimum Gasteiger partial charge on any atom is -0.384 e. The molecular weight excluding hydrogens is 276 g/mol. The molecule has 1 aromatic carbocycles. The standard InChI is InChI=1S/C16H16N6/c1-10-5-3-4-6-11(10)8-22-14(18)12(7-17)13-15(19-2)20-9-21-16(13)22/h3-6,9H,8,18H2,1-2H3,(H,19,20,21). The number of hydrogen-bond donors (Lipinski definition) is 2. The number of nitrogen functional groups attached to an aromatic ring is 1. The highest BCUT2D eigenvalue weighted by Gasteiger charge is 2.19. The lowest BCUT2D eigenvalue weighted by Gasteiger charge is -2.10. The van der Waals surface area contributed by atoms with E-state index in [9.17, 15) is 5.26 Å². The zero-order valence-corrected chi connectivity index (χ0v) is 12.5. The van der Waals surface area contributed by atoms with Gasteiger partial charge in [-0.25, -0.2) is 9.97 Å². The number of nitrogens with zero attached hydrogens (tertiary/aromatic N) is 4. The summed E-state index contributed by atoms with van der Waals surface area (Å²) in [5, 5.41) is 13.1. The summed E-state index contributed by atoms with van der Waals surface area (Å²) < 4.78 is 1.86. The Bertz CT molecular complexity index is 888. The third kappa shape index (κ3) is 2.04. The molecule has 0 atom stereocenters. The van der Waals surface area contributed by atoms with E-state index in [1.807, 2.05) is 22.8 Å². The van der Waals surface area contributed by atoms with Crippen LogP contribution in [0.5, 0.6) is 0 Å². The SMILES string of the molecule is CNc1ncnc2c1c(C#N)c(N)n2Cc1ccccc1C. The van der Waals surface area contributed by atoms with Crippen LogP contribution in [0.1, 0.15) is 16.7 Å². The van der Waals surface area contributed by atoms with Gasteiger partial charge in [0.25, 0.3) is 0 Å². The summed E-state index contributed by atoms with van der Waals surface area (Å²) in [6, 6.07) is 10.3. The van der Waals surface area contributed by atoms with Gasteiger partial charge in [0.15, 0.2) is 0 Å². The molecule has 3 N–H and O–H groups in total. The Hall–Kier alpha value is -3.07. The Morgan fingerprint density at radius 3 is 2.77 bits per heavy atom. The zero-order chi connectivity index (χ0) is 15.7. The molecular formula is C16H16N6. The number of aryl methyl sites for hydroxylation is 1. The van der Waals surface area contributed by atoms with Crippen molar-refractivity contribution in [1.29, 1.82) is 5.26 Å². The van der Waals surface area contributed by atoms with E-state index >= 15 is 0 Å². The summed E-state index contributed by atoms with van der Waals surface area (Å²) in [7, 11) is 1.76. The fraction of sp³-hybridized carbons (Fsp3) is 0.188. The molecule has 2 heterocycles. The summed E-state index contributed by atoms with van der Waals surface area (Å²) in [5.74, 6) is 1.02. The molecule has 0 aliphatic heterocycles. The van der Waals surface area contributed by atoms with Crippen molar-refractivity contribution in [3.05, 3.63) is 47.3 Å². The molecule has 3 aromatic rings. The summed E-state index contributed by atoms with van der Waals surface area (Å²) in [6.07, 6.45) is 1.48. The van der Waals surface area contributed by atoms with Gasteiger partial charge >= 0.3 is 0 Å². The van der Waals surface area contributed by atoms with Gasteiger partial charge in [-0.2, -0.15) is 5.26 Å².